The summed E-state index contributed by atoms with van der Waals surface area (Å²) in [6, 6.07) is 7.24. The lowest BCUT2D eigenvalue weighted by atomic mass is 10.0. The Labute approximate surface area is 122 Å². The average Bonchev–Trinajstić information content (AvgIpc) is 2.92. The van der Waals surface area contributed by atoms with Crippen molar-refractivity contribution in [3.8, 4) is 5.75 Å². The van der Waals surface area contributed by atoms with Crippen molar-refractivity contribution in [3.05, 3.63) is 29.3 Å². The summed E-state index contributed by atoms with van der Waals surface area (Å²) in [6.45, 7) is 9.28. The summed E-state index contributed by atoms with van der Waals surface area (Å²) in [7, 11) is 0. The van der Waals surface area contributed by atoms with Gasteiger partial charge in [0.05, 0.1) is 0 Å². The number of phenols is 1. The molecule has 2 unspecified atom stereocenters. The second kappa shape index (κ2) is 5.74. The van der Waals surface area contributed by atoms with Gasteiger partial charge in [-0.25, -0.2) is 0 Å². The molecular formula is C17H26N2O. The van der Waals surface area contributed by atoms with E-state index in [1.54, 1.807) is 0 Å². The van der Waals surface area contributed by atoms with Crippen LogP contribution < -0.4 is 0 Å². The summed E-state index contributed by atoms with van der Waals surface area (Å²) in [5, 5.41) is 9.97. The highest BCUT2D eigenvalue weighted by atomic mass is 16.3. The van der Waals surface area contributed by atoms with E-state index < -0.39 is 0 Å². The van der Waals surface area contributed by atoms with Crippen LogP contribution in [0.25, 0.3) is 0 Å². The quantitative estimate of drug-likeness (QED) is 0.918. The van der Waals surface area contributed by atoms with Gasteiger partial charge in [0.1, 0.15) is 5.75 Å². The predicted octanol–water partition coefficient (Wildman–Crippen LogP) is 2.80. The van der Waals surface area contributed by atoms with Crippen LogP contribution in [0.15, 0.2) is 18.2 Å². The van der Waals surface area contributed by atoms with Crippen LogP contribution in [-0.4, -0.2) is 47.1 Å². The van der Waals surface area contributed by atoms with Gasteiger partial charge in [-0.05, 0) is 43.4 Å². The number of hydrogen-bond donors (Lipinski definition) is 1. The van der Waals surface area contributed by atoms with Gasteiger partial charge < -0.3 is 5.11 Å². The van der Waals surface area contributed by atoms with Gasteiger partial charge in [0.2, 0.25) is 0 Å². The Hall–Kier alpha value is -1.06. The standard InChI is InChI=1S/C17H26N2O/c1-3-13(2)18-9-11-19(12-10-18)16-8-7-15-14(16)5-4-6-17(15)20/h4-6,13,16,20H,3,7-12H2,1-2H3. The van der Waals surface area contributed by atoms with Crippen molar-refractivity contribution in [1.82, 2.24) is 9.80 Å². The fourth-order valence-electron chi connectivity index (χ4n) is 3.74. The van der Waals surface area contributed by atoms with Crippen LogP contribution in [0.2, 0.25) is 0 Å². The van der Waals surface area contributed by atoms with Gasteiger partial charge in [-0.1, -0.05) is 19.1 Å². The molecule has 0 radical (unpaired) electrons. The van der Waals surface area contributed by atoms with Crippen LogP contribution in [0.4, 0.5) is 0 Å². The molecule has 1 fully saturated rings. The van der Waals surface area contributed by atoms with Crippen molar-refractivity contribution in [2.75, 3.05) is 26.2 Å². The molecule has 1 heterocycles. The molecule has 3 heteroatoms. The summed E-state index contributed by atoms with van der Waals surface area (Å²) in [5.41, 5.74) is 2.55. The molecule has 2 atom stereocenters. The molecule has 0 spiro atoms. The number of aromatic hydroxyl groups is 1. The van der Waals surface area contributed by atoms with Crippen molar-refractivity contribution >= 4 is 0 Å². The van der Waals surface area contributed by atoms with E-state index in [4.69, 9.17) is 0 Å². The van der Waals surface area contributed by atoms with Crippen LogP contribution in [0, 0.1) is 0 Å². The molecule has 3 nitrogen and oxygen atoms in total. The zero-order valence-electron chi connectivity index (χ0n) is 12.7. The highest BCUT2D eigenvalue weighted by Gasteiger charge is 2.31. The summed E-state index contributed by atoms with van der Waals surface area (Å²) in [6.07, 6.45) is 3.43. The summed E-state index contributed by atoms with van der Waals surface area (Å²) in [5.74, 6) is 0.489. The molecule has 20 heavy (non-hydrogen) atoms. The van der Waals surface area contributed by atoms with E-state index >= 15 is 0 Å². The van der Waals surface area contributed by atoms with Gasteiger partial charge in [-0.3, -0.25) is 9.80 Å². The monoisotopic (exact) mass is 274 g/mol. The smallest absolute Gasteiger partial charge is 0.119 e. The van der Waals surface area contributed by atoms with Crippen molar-refractivity contribution in [2.24, 2.45) is 0 Å². The Morgan fingerprint density at radius 3 is 2.70 bits per heavy atom. The molecule has 0 amide bonds. The molecule has 2 aliphatic rings. The number of benzene rings is 1. The first-order chi connectivity index (χ1) is 9.70. The molecule has 0 saturated carbocycles. The number of piperazine rings is 1. The van der Waals surface area contributed by atoms with Crippen LogP contribution in [0.1, 0.15) is 43.9 Å². The highest BCUT2D eigenvalue weighted by molar-refractivity contribution is 5.44. The highest BCUT2D eigenvalue weighted by Crippen LogP contribution is 2.40. The molecule has 0 bridgehead atoms. The van der Waals surface area contributed by atoms with Gasteiger partial charge in [0, 0.05) is 38.3 Å². The average molecular weight is 274 g/mol. The minimum absolute atomic E-state index is 0.489. The van der Waals surface area contributed by atoms with Gasteiger partial charge >= 0.3 is 0 Å². The summed E-state index contributed by atoms with van der Waals surface area (Å²) in [4.78, 5) is 5.22. The lowest BCUT2D eigenvalue weighted by Gasteiger charge is -2.40. The number of fused-ring (bicyclic) bond motifs is 1. The molecule has 110 valence electrons. The first-order valence-corrected chi connectivity index (χ1v) is 7.99. The van der Waals surface area contributed by atoms with Crippen molar-refractivity contribution in [3.63, 3.8) is 0 Å². The maximum atomic E-state index is 9.97. The maximum absolute atomic E-state index is 9.97. The Bertz CT molecular complexity index is 466. The molecule has 1 aromatic carbocycles. The molecular weight excluding hydrogens is 248 g/mol. The van der Waals surface area contributed by atoms with E-state index in [2.05, 4.69) is 29.7 Å². The third-order valence-electron chi connectivity index (χ3n) is 5.22. The lowest BCUT2D eigenvalue weighted by molar-refractivity contribution is 0.0724. The van der Waals surface area contributed by atoms with Gasteiger partial charge in [0.15, 0.2) is 0 Å². The van der Waals surface area contributed by atoms with Gasteiger partial charge in [-0.2, -0.15) is 0 Å². The molecule has 1 saturated heterocycles. The maximum Gasteiger partial charge on any atom is 0.119 e. The van der Waals surface area contributed by atoms with Crippen LogP contribution in [0.5, 0.6) is 5.75 Å². The third kappa shape index (κ3) is 2.45. The molecule has 1 aliphatic carbocycles. The van der Waals surface area contributed by atoms with Crippen molar-refractivity contribution < 1.29 is 5.11 Å². The predicted molar refractivity (Wildman–Crippen MR) is 82.1 cm³/mol. The Kier molecular flexibility index (Phi) is 3.99. The zero-order valence-corrected chi connectivity index (χ0v) is 12.7. The topological polar surface area (TPSA) is 26.7 Å². The lowest BCUT2D eigenvalue weighted by Crippen LogP contribution is -2.50. The summed E-state index contributed by atoms with van der Waals surface area (Å²) < 4.78 is 0. The largest absolute Gasteiger partial charge is 0.508 e. The van der Waals surface area contributed by atoms with E-state index in [0.717, 1.165) is 25.9 Å². The molecule has 1 aliphatic heterocycles. The van der Waals surface area contributed by atoms with Gasteiger partial charge in [-0.15, -0.1) is 0 Å². The fourth-order valence-corrected chi connectivity index (χ4v) is 3.74. The third-order valence-corrected chi connectivity index (χ3v) is 5.22. The summed E-state index contributed by atoms with van der Waals surface area (Å²) >= 11 is 0. The fraction of sp³-hybridized carbons (Fsp3) is 0.647. The SMILES string of the molecule is CCC(C)N1CCN(C2CCc3c(O)cccc32)CC1. The zero-order chi connectivity index (χ0) is 14.1. The number of nitrogens with zero attached hydrogens (tertiary/aromatic N) is 2. The number of rotatable bonds is 3. The molecule has 3 rings (SSSR count). The minimum Gasteiger partial charge on any atom is -0.508 e. The van der Waals surface area contributed by atoms with E-state index in [1.165, 1.54) is 30.6 Å². The Morgan fingerprint density at radius 1 is 1.25 bits per heavy atom. The van der Waals surface area contributed by atoms with Gasteiger partial charge in [0.25, 0.3) is 0 Å². The number of hydrogen-bond acceptors (Lipinski definition) is 3. The molecule has 1 N–H and O–H groups in total. The molecule has 0 aromatic heterocycles. The first-order valence-electron chi connectivity index (χ1n) is 7.99. The van der Waals surface area contributed by atoms with Crippen LogP contribution in [-0.2, 0) is 6.42 Å². The van der Waals surface area contributed by atoms with Crippen LogP contribution in [0.3, 0.4) is 0 Å². The van der Waals surface area contributed by atoms with E-state index in [9.17, 15) is 5.11 Å². The van der Waals surface area contributed by atoms with E-state index in [1.807, 2.05) is 12.1 Å². The molecule has 1 aromatic rings. The van der Waals surface area contributed by atoms with Crippen molar-refractivity contribution in [2.45, 2.75) is 45.2 Å². The Morgan fingerprint density at radius 2 is 2.00 bits per heavy atom. The number of phenolic OH excluding ortho intramolecular Hbond substituents is 1. The Balaban J connectivity index is 1.68. The first kappa shape index (κ1) is 13.9. The minimum atomic E-state index is 0.489. The van der Waals surface area contributed by atoms with E-state index in [-0.39, 0.29) is 0 Å². The normalized spacial score (nSPS) is 25.6. The second-order valence-corrected chi connectivity index (χ2v) is 6.23. The second-order valence-electron chi connectivity index (χ2n) is 6.23. The van der Waals surface area contributed by atoms with E-state index in [0.29, 0.717) is 17.8 Å². The van der Waals surface area contributed by atoms with Crippen LogP contribution >= 0.6 is 0 Å². The van der Waals surface area contributed by atoms with Crippen molar-refractivity contribution in [1.29, 1.82) is 0 Å².